The number of aromatic amines is 1. The normalized spacial score (nSPS) is 17.9. The summed E-state index contributed by atoms with van der Waals surface area (Å²) in [7, 11) is 1.49. The molecule has 160 valence electrons. The molecule has 1 unspecified atom stereocenters. The van der Waals surface area contributed by atoms with Gasteiger partial charge in [0.1, 0.15) is 29.1 Å². The van der Waals surface area contributed by atoms with Crippen LogP contribution in [0, 0.1) is 6.92 Å². The van der Waals surface area contributed by atoms with Crippen LogP contribution >= 0.6 is 0 Å². The van der Waals surface area contributed by atoms with Crippen molar-refractivity contribution in [2.75, 3.05) is 12.0 Å². The van der Waals surface area contributed by atoms with Gasteiger partial charge in [-0.05, 0) is 37.3 Å². The number of aryl methyl sites for hydroxylation is 1. The van der Waals surface area contributed by atoms with Crippen molar-refractivity contribution in [3.63, 3.8) is 0 Å². The lowest BCUT2D eigenvalue weighted by Crippen LogP contribution is -2.29. The van der Waals surface area contributed by atoms with Crippen LogP contribution in [-0.2, 0) is 9.59 Å². The van der Waals surface area contributed by atoms with Gasteiger partial charge in [0, 0.05) is 22.7 Å². The van der Waals surface area contributed by atoms with Crippen molar-refractivity contribution in [2.24, 2.45) is 0 Å². The summed E-state index contributed by atoms with van der Waals surface area (Å²) in [4.78, 5) is 30.9. The Morgan fingerprint density at radius 3 is 2.56 bits per heavy atom. The topological polar surface area (TPSA) is 95.8 Å². The minimum absolute atomic E-state index is 0.0417. The van der Waals surface area contributed by atoms with Gasteiger partial charge in [-0.1, -0.05) is 30.3 Å². The van der Waals surface area contributed by atoms with E-state index in [0.29, 0.717) is 28.5 Å². The summed E-state index contributed by atoms with van der Waals surface area (Å²) in [6, 6.07) is 16.8. The van der Waals surface area contributed by atoms with E-state index in [2.05, 4.69) is 4.98 Å². The lowest BCUT2D eigenvalue weighted by molar-refractivity contribution is -0.132. The van der Waals surface area contributed by atoms with Crippen molar-refractivity contribution in [1.29, 1.82) is 0 Å². The maximum absolute atomic E-state index is 13.3. The van der Waals surface area contributed by atoms with E-state index in [1.807, 2.05) is 24.3 Å². The molecule has 0 bridgehead atoms. The number of H-pyrrole nitrogens is 1. The molecule has 7 heteroatoms. The number of methoxy groups -OCH3 is 1. The van der Waals surface area contributed by atoms with E-state index in [1.54, 1.807) is 49.5 Å². The zero-order valence-electron chi connectivity index (χ0n) is 17.5. The predicted molar refractivity (Wildman–Crippen MR) is 120 cm³/mol. The Morgan fingerprint density at radius 2 is 1.81 bits per heavy atom. The molecule has 4 aromatic rings. The summed E-state index contributed by atoms with van der Waals surface area (Å²) < 4.78 is 11.3. The number of carbonyl (C=O) groups is 2. The number of benzene rings is 2. The summed E-state index contributed by atoms with van der Waals surface area (Å²) in [5.41, 5.74) is 1.61. The highest BCUT2D eigenvalue weighted by molar-refractivity contribution is 6.52. The van der Waals surface area contributed by atoms with Crippen molar-refractivity contribution in [2.45, 2.75) is 13.0 Å². The molecule has 5 rings (SSSR count). The molecule has 0 radical (unpaired) electrons. The molecule has 1 amide bonds. The van der Waals surface area contributed by atoms with Gasteiger partial charge in [-0.3, -0.25) is 14.5 Å². The molecular formula is C25H20N2O5. The smallest absolute Gasteiger partial charge is 0.300 e. The number of hydrogen-bond donors (Lipinski definition) is 2. The van der Waals surface area contributed by atoms with Crippen LogP contribution in [0.2, 0.25) is 0 Å². The van der Waals surface area contributed by atoms with Crippen LogP contribution in [0.3, 0.4) is 0 Å². The Morgan fingerprint density at radius 1 is 1.06 bits per heavy atom. The van der Waals surface area contributed by atoms with E-state index in [9.17, 15) is 14.7 Å². The van der Waals surface area contributed by atoms with Gasteiger partial charge in [-0.25, -0.2) is 0 Å². The van der Waals surface area contributed by atoms with E-state index in [0.717, 1.165) is 10.9 Å². The number of para-hydroxylation sites is 3. The number of aliphatic hydroxyl groups is 1. The van der Waals surface area contributed by atoms with E-state index < -0.39 is 17.7 Å². The molecular weight excluding hydrogens is 408 g/mol. The Balaban J connectivity index is 1.77. The number of nitrogens with zero attached hydrogens (tertiary/aromatic N) is 1. The largest absolute Gasteiger partial charge is 0.507 e. The van der Waals surface area contributed by atoms with E-state index in [1.165, 1.54) is 12.0 Å². The molecule has 2 aromatic heterocycles. The summed E-state index contributed by atoms with van der Waals surface area (Å²) in [5.74, 6) is -0.411. The number of ketones is 1. The van der Waals surface area contributed by atoms with Gasteiger partial charge in [0.05, 0.1) is 18.4 Å². The minimum atomic E-state index is -0.950. The number of aromatic nitrogens is 1. The van der Waals surface area contributed by atoms with E-state index >= 15 is 0 Å². The molecule has 1 fully saturated rings. The average Bonchev–Trinajstić information content (AvgIpc) is 3.50. The number of fused-ring (bicyclic) bond motifs is 1. The summed E-state index contributed by atoms with van der Waals surface area (Å²) in [6.07, 6.45) is 1.63. The molecule has 2 aromatic carbocycles. The Kier molecular flexibility index (Phi) is 4.59. The molecule has 1 saturated heterocycles. The third kappa shape index (κ3) is 2.90. The highest BCUT2D eigenvalue weighted by Gasteiger charge is 2.49. The summed E-state index contributed by atoms with van der Waals surface area (Å²) in [6.45, 7) is 1.78. The second-order valence-electron chi connectivity index (χ2n) is 7.54. The van der Waals surface area contributed by atoms with Gasteiger partial charge in [0.25, 0.3) is 11.7 Å². The average molecular weight is 428 g/mol. The molecule has 2 N–H and O–H groups in total. The molecule has 1 atom stereocenters. The van der Waals surface area contributed by atoms with Gasteiger partial charge >= 0.3 is 0 Å². The standard InChI is InChI=1S/C25H20N2O5/c1-14-11-12-20(32-14)22-21(23(28)16-13-26-17-8-4-3-7-15(16)17)24(29)25(30)27(22)18-9-5-6-10-19(18)31-2/h3-13,22,26,28H,1-2H3/b23-21-. The number of Topliss-reactive ketones (excluding diaryl/α,β-unsaturated/α-hetero) is 1. The number of nitrogens with one attached hydrogen (secondary N) is 1. The molecule has 1 aliphatic heterocycles. The minimum Gasteiger partial charge on any atom is -0.507 e. The fourth-order valence-corrected chi connectivity index (χ4v) is 4.19. The number of aliphatic hydroxyl groups excluding tert-OH is 1. The van der Waals surface area contributed by atoms with Crippen molar-refractivity contribution >= 4 is 34.0 Å². The molecule has 0 aliphatic carbocycles. The van der Waals surface area contributed by atoms with E-state index in [4.69, 9.17) is 9.15 Å². The lowest BCUT2D eigenvalue weighted by atomic mass is 9.99. The molecule has 32 heavy (non-hydrogen) atoms. The fraction of sp³-hybridized carbons (Fsp3) is 0.120. The Labute approximate surface area is 183 Å². The van der Waals surface area contributed by atoms with Crippen molar-refractivity contribution in [3.8, 4) is 5.75 Å². The highest BCUT2D eigenvalue weighted by atomic mass is 16.5. The van der Waals surface area contributed by atoms with Gasteiger partial charge < -0.3 is 19.2 Å². The van der Waals surface area contributed by atoms with E-state index in [-0.39, 0.29) is 11.3 Å². The maximum atomic E-state index is 13.3. The molecule has 0 spiro atoms. The number of rotatable bonds is 4. The Hall–Kier alpha value is -4.26. The molecule has 0 saturated carbocycles. The number of ether oxygens (including phenoxy) is 1. The van der Waals surface area contributed by atoms with Crippen molar-refractivity contribution in [1.82, 2.24) is 4.98 Å². The first kappa shape index (κ1) is 19.7. The third-order valence-electron chi connectivity index (χ3n) is 5.66. The summed E-state index contributed by atoms with van der Waals surface area (Å²) >= 11 is 0. The van der Waals surface area contributed by atoms with Crippen molar-refractivity contribution in [3.05, 3.63) is 89.5 Å². The van der Waals surface area contributed by atoms with Crippen LogP contribution in [0.4, 0.5) is 5.69 Å². The van der Waals surface area contributed by atoms with Crippen LogP contribution < -0.4 is 9.64 Å². The van der Waals surface area contributed by atoms with Crippen LogP contribution in [0.1, 0.15) is 23.1 Å². The first-order chi connectivity index (χ1) is 15.5. The highest BCUT2D eigenvalue weighted by Crippen LogP contribution is 2.45. The number of amides is 1. The number of hydrogen-bond acceptors (Lipinski definition) is 5. The summed E-state index contributed by atoms with van der Waals surface area (Å²) in [5, 5.41) is 12.1. The predicted octanol–water partition coefficient (Wildman–Crippen LogP) is 4.70. The quantitative estimate of drug-likeness (QED) is 0.279. The van der Waals surface area contributed by atoms with Crippen LogP contribution in [0.15, 0.2) is 76.9 Å². The molecule has 1 aliphatic rings. The second kappa shape index (κ2) is 7.46. The number of carbonyl (C=O) groups excluding carboxylic acids is 2. The van der Waals surface area contributed by atoms with Gasteiger partial charge in [0.15, 0.2) is 0 Å². The van der Waals surface area contributed by atoms with Crippen LogP contribution in [0.25, 0.3) is 16.7 Å². The first-order valence-electron chi connectivity index (χ1n) is 10.1. The zero-order valence-corrected chi connectivity index (χ0v) is 17.5. The number of furan rings is 1. The van der Waals surface area contributed by atoms with Gasteiger partial charge in [0.2, 0.25) is 0 Å². The SMILES string of the molecule is COc1ccccc1N1C(=O)C(=O)/C(=C(\O)c2c[nH]c3ccccc23)C1c1ccc(C)o1. The van der Waals surface area contributed by atoms with Gasteiger partial charge in [-0.2, -0.15) is 0 Å². The first-order valence-corrected chi connectivity index (χ1v) is 10.1. The molecule has 7 nitrogen and oxygen atoms in total. The molecule has 3 heterocycles. The third-order valence-corrected chi connectivity index (χ3v) is 5.66. The monoisotopic (exact) mass is 428 g/mol. The van der Waals surface area contributed by atoms with Crippen molar-refractivity contribution < 1.29 is 23.8 Å². The zero-order chi connectivity index (χ0) is 22.4. The van der Waals surface area contributed by atoms with Gasteiger partial charge in [-0.15, -0.1) is 0 Å². The fourth-order valence-electron chi connectivity index (χ4n) is 4.19. The van der Waals surface area contributed by atoms with Crippen LogP contribution in [-0.4, -0.2) is 28.9 Å². The lowest BCUT2D eigenvalue weighted by Gasteiger charge is -2.24. The van der Waals surface area contributed by atoms with Crippen LogP contribution in [0.5, 0.6) is 5.75 Å². The second-order valence-corrected chi connectivity index (χ2v) is 7.54. The Bertz CT molecular complexity index is 1390. The maximum Gasteiger partial charge on any atom is 0.300 e. The number of anilines is 1.